The highest BCUT2D eigenvalue weighted by molar-refractivity contribution is 7.99. The second-order valence-electron chi connectivity index (χ2n) is 19.3. The molecule has 0 saturated carbocycles. The second-order valence-corrected chi connectivity index (χ2v) is 22.5. The molecule has 4 heterocycles. The van der Waals surface area contributed by atoms with E-state index in [1.807, 2.05) is 84.2 Å². The van der Waals surface area contributed by atoms with Gasteiger partial charge in [0.15, 0.2) is 0 Å². The van der Waals surface area contributed by atoms with Crippen molar-refractivity contribution >= 4 is 68.5 Å². The fraction of sp³-hybridized carbons (Fsp3) is 0.474. The van der Waals surface area contributed by atoms with E-state index < -0.39 is 23.0 Å². The predicted molar refractivity (Wildman–Crippen MR) is 293 cm³/mol. The van der Waals surface area contributed by atoms with Gasteiger partial charge in [0.2, 0.25) is 0 Å². The highest BCUT2D eigenvalue weighted by atomic mass is 35.5. The van der Waals surface area contributed by atoms with E-state index in [0.29, 0.717) is 10.0 Å². The number of piperidine rings is 2. The summed E-state index contributed by atoms with van der Waals surface area (Å²) >= 11 is 17.6. The Balaban J connectivity index is 1.01. The van der Waals surface area contributed by atoms with E-state index in [1.54, 1.807) is 40.8 Å². The Labute approximate surface area is 439 Å². The zero-order chi connectivity index (χ0) is 49.8. The van der Waals surface area contributed by atoms with E-state index >= 15 is 0 Å². The summed E-state index contributed by atoms with van der Waals surface area (Å²) in [6.07, 6.45) is 10.5. The fourth-order valence-corrected chi connectivity index (χ4v) is 13.3. The largest absolute Gasteiger partial charge is 0.497 e. The number of pyridine rings is 2. The van der Waals surface area contributed by atoms with E-state index in [-0.39, 0.29) is 0 Å². The van der Waals surface area contributed by atoms with Crippen molar-refractivity contribution in [2.24, 2.45) is 10.8 Å². The molecule has 10 nitrogen and oxygen atoms in total. The molecule has 0 spiro atoms. The number of ether oxygens (including phenoxy) is 4. The predicted octanol–water partition coefficient (Wildman–Crippen LogP) is 12.3. The number of aromatic nitrogens is 2. The quantitative estimate of drug-likeness (QED) is 0.0445. The molecule has 71 heavy (non-hydrogen) atoms. The highest BCUT2D eigenvalue weighted by Gasteiger charge is 2.51. The topological polar surface area (TPSA) is 110 Å². The van der Waals surface area contributed by atoms with Crippen molar-refractivity contribution in [2.45, 2.75) is 92.6 Å². The zero-order valence-corrected chi connectivity index (χ0v) is 44.9. The Bertz CT molecular complexity index is 2660. The second kappa shape index (κ2) is 25.3. The molecular weight excluding hydrogens is 972 g/mol. The molecule has 2 aromatic heterocycles. The number of likely N-dealkylation sites (tertiary alicyclic amines) is 2. The summed E-state index contributed by atoms with van der Waals surface area (Å²) in [5.41, 5.74) is 2.86. The minimum absolute atomic E-state index is 0.488. The van der Waals surface area contributed by atoms with Crippen molar-refractivity contribution in [3.05, 3.63) is 118 Å². The zero-order valence-electron chi connectivity index (χ0n) is 41.7. The van der Waals surface area contributed by atoms with Crippen molar-refractivity contribution in [3.63, 3.8) is 0 Å². The smallest absolute Gasteiger partial charge is 0.119 e. The number of fused-ring (bicyclic) bond motifs is 2. The van der Waals surface area contributed by atoms with Crippen LogP contribution in [0.15, 0.2) is 107 Å². The average molecular weight is 1040 g/mol. The summed E-state index contributed by atoms with van der Waals surface area (Å²) in [5, 5.41) is 29.4. The maximum atomic E-state index is 13.1. The van der Waals surface area contributed by atoms with Crippen LogP contribution < -0.4 is 18.9 Å². The molecule has 0 amide bonds. The summed E-state index contributed by atoms with van der Waals surface area (Å²) in [6.45, 7) is 5.38. The van der Waals surface area contributed by atoms with Crippen LogP contribution in [-0.2, 0) is 12.8 Å². The van der Waals surface area contributed by atoms with Crippen LogP contribution in [0.1, 0.15) is 68.9 Å². The number of hydrogen-bond acceptors (Lipinski definition) is 12. The molecule has 2 fully saturated rings. The number of aliphatic hydroxyl groups excluding tert-OH is 2. The summed E-state index contributed by atoms with van der Waals surface area (Å²) < 4.78 is 22.0. The number of rotatable bonds is 24. The normalized spacial score (nSPS) is 17.0. The Hall–Kier alpha value is -3.98. The summed E-state index contributed by atoms with van der Waals surface area (Å²) in [6, 6.07) is 28.4. The lowest BCUT2D eigenvalue weighted by molar-refractivity contribution is -0.153. The van der Waals surface area contributed by atoms with Crippen LogP contribution in [0.5, 0.6) is 23.0 Å². The van der Waals surface area contributed by atoms with E-state index in [9.17, 15) is 10.2 Å². The molecule has 2 aliphatic rings. The van der Waals surface area contributed by atoms with Gasteiger partial charge in [-0.1, -0.05) is 29.3 Å². The lowest BCUT2D eigenvalue weighted by atomic mass is 9.61. The Morgan fingerprint density at radius 1 is 0.549 bits per heavy atom. The number of halogens is 2. The van der Waals surface area contributed by atoms with Crippen molar-refractivity contribution in [3.8, 4) is 23.0 Å². The minimum Gasteiger partial charge on any atom is -0.497 e. The van der Waals surface area contributed by atoms with Gasteiger partial charge in [0.25, 0.3) is 0 Å². The molecule has 14 heteroatoms. The van der Waals surface area contributed by atoms with Gasteiger partial charge in [-0.25, -0.2) is 0 Å². The first-order chi connectivity index (χ1) is 34.6. The summed E-state index contributed by atoms with van der Waals surface area (Å²) in [7, 11) is 6.75. The minimum atomic E-state index is -0.913. The first-order valence-corrected chi connectivity index (χ1v) is 27.9. The van der Waals surface area contributed by atoms with Gasteiger partial charge in [-0.2, -0.15) is 0 Å². The van der Waals surface area contributed by atoms with E-state index in [4.69, 9.17) is 42.1 Å². The van der Waals surface area contributed by atoms with Crippen molar-refractivity contribution in [1.29, 1.82) is 0 Å². The third-order valence-electron chi connectivity index (χ3n) is 15.4. The number of nitrogens with zero attached hydrogens (tertiary/aromatic N) is 4. The van der Waals surface area contributed by atoms with Crippen molar-refractivity contribution in [2.75, 3.05) is 79.2 Å². The lowest BCUT2D eigenvalue weighted by Crippen LogP contribution is -2.57. The average Bonchev–Trinajstić information content (AvgIpc) is 3.41. The first-order valence-electron chi connectivity index (χ1n) is 25.1. The molecule has 2 saturated heterocycles. The molecule has 6 aromatic rings. The molecule has 380 valence electrons. The molecule has 0 aliphatic carbocycles. The van der Waals surface area contributed by atoms with Crippen LogP contribution in [0.3, 0.4) is 0 Å². The maximum Gasteiger partial charge on any atom is 0.119 e. The fourth-order valence-electron chi connectivity index (χ4n) is 11.0. The van der Waals surface area contributed by atoms with Gasteiger partial charge in [0.05, 0.1) is 61.7 Å². The number of aryl methyl sites for hydroxylation is 2. The lowest BCUT2D eigenvalue weighted by Gasteiger charge is -2.52. The molecule has 0 radical (unpaired) electrons. The summed E-state index contributed by atoms with van der Waals surface area (Å²) in [5.74, 6) is 5.23. The van der Waals surface area contributed by atoms with Crippen LogP contribution in [0.2, 0.25) is 10.0 Å². The Morgan fingerprint density at radius 3 is 1.52 bits per heavy atom. The third kappa shape index (κ3) is 13.2. The highest BCUT2D eigenvalue weighted by Crippen LogP contribution is 2.49. The molecule has 8 rings (SSSR count). The van der Waals surface area contributed by atoms with Crippen LogP contribution >= 0.6 is 46.7 Å². The monoisotopic (exact) mass is 1040 g/mol. The molecule has 2 N–H and O–H groups in total. The SMILES string of the molecule is COc1ccc(SCCN2CCC(CCCc3c(Cl)cnc4ccc(OC)cc34)(C(O)C(O)C3(CCCc4c(Cl)cnc5ccc(OC)cc45)CCN(CCCSc4cccc(OC)c4)CC3)CC2)cc1. The van der Waals surface area contributed by atoms with Crippen LogP contribution in [0.25, 0.3) is 21.8 Å². The van der Waals surface area contributed by atoms with Gasteiger partial charge in [0, 0.05) is 56.1 Å². The third-order valence-corrected chi connectivity index (χ3v) is 18.1. The van der Waals surface area contributed by atoms with Gasteiger partial charge < -0.3 is 39.0 Å². The Kier molecular flexibility index (Phi) is 19.0. The molecular formula is C57H70Cl2N4O6S2. The van der Waals surface area contributed by atoms with Crippen molar-refractivity contribution < 1.29 is 29.2 Å². The van der Waals surface area contributed by atoms with Gasteiger partial charge in [0.1, 0.15) is 23.0 Å². The van der Waals surface area contributed by atoms with Gasteiger partial charge >= 0.3 is 0 Å². The van der Waals surface area contributed by atoms with E-state index in [0.717, 1.165) is 177 Å². The molecule has 2 atom stereocenters. The van der Waals surface area contributed by atoms with E-state index in [1.165, 1.54) is 9.79 Å². The number of hydrogen-bond donors (Lipinski definition) is 2. The molecule has 2 aliphatic heterocycles. The molecule has 4 aromatic carbocycles. The standard InChI is InChI=1S/C57H70Cl2N4O6S2/c1-66-40-13-17-44(18-14-40)71-34-32-63-30-25-57(26-31-63,22-7-12-47-49-37-43(69-4)16-20-53(49)61-39-51(47)59)55(65)54(64)56(21-6-11-46-48-36-42(68-3)15-19-52(48)60-38-50(46)58)23-28-62(29-24-56)27-8-33-70-45-10-5-9-41(35-45)67-2/h5,9-10,13-20,35-39,54-55,64-65H,6-8,11-12,21-34H2,1-4H3. The van der Waals surface area contributed by atoms with Crippen LogP contribution in [-0.4, -0.2) is 121 Å². The van der Waals surface area contributed by atoms with Crippen molar-refractivity contribution in [1.82, 2.24) is 19.8 Å². The van der Waals surface area contributed by atoms with Gasteiger partial charge in [-0.05, 0) is 199 Å². The number of methoxy groups -OCH3 is 4. The number of benzene rings is 4. The van der Waals surface area contributed by atoms with Crippen LogP contribution in [0.4, 0.5) is 0 Å². The van der Waals surface area contributed by atoms with Crippen LogP contribution in [0, 0.1) is 10.8 Å². The number of aliphatic hydroxyl groups is 2. The first kappa shape index (κ1) is 53.3. The van der Waals surface area contributed by atoms with Gasteiger partial charge in [-0.3, -0.25) is 9.97 Å². The number of thioether (sulfide) groups is 2. The Morgan fingerprint density at radius 2 is 1.01 bits per heavy atom. The van der Waals surface area contributed by atoms with E-state index in [2.05, 4.69) is 44.0 Å². The molecule has 2 unspecified atom stereocenters. The maximum absolute atomic E-state index is 13.1. The molecule has 0 bridgehead atoms. The summed E-state index contributed by atoms with van der Waals surface area (Å²) in [4.78, 5) is 16.8. The van der Waals surface area contributed by atoms with Gasteiger partial charge in [-0.15, -0.1) is 23.5 Å².